The molecule has 9 nitrogen and oxygen atoms in total. The van der Waals surface area contributed by atoms with Crippen molar-refractivity contribution >= 4 is 33.1 Å². The zero-order chi connectivity index (χ0) is 22.7. The Bertz CT molecular complexity index is 1150. The van der Waals surface area contributed by atoms with Crippen molar-refractivity contribution in [2.24, 2.45) is 5.92 Å². The van der Waals surface area contributed by atoms with Crippen molar-refractivity contribution in [3.8, 4) is 11.5 Å². The SMILES string of the molecule is O=C(CC(C(=O)Nc1ccc2c(c1)OCO2)C(=O)c1ccccc1)NC1CCS(=O)(=O)C1. The fourth-order valence-corrected chi connectivity index (χ4v) is 5.37. The lowest BCUT2D eigenvalue weighted by Gasteiger charge is -2.18. The molecule has 32 heavy (non-hydrogen) atoms. The van der Waals surface area contributed by atoms with Crippen molar-refractivity contribution in [1.29, 1.82) is 0 Å². The monoisotopic (exact) mass is 458 g/mol. The Kier molecular flexibility index (Phi) is 6.13. The molecule has 0 bridgehead atoms. The van der Waals surface area contributed by atoms with Crippen LogP contribution in [0.3, 0.4) is 0 Å². The van der Waals surface area contributed by atoms with E-state index >= 15 is 0 Å². The number of rotatable bonds is 7. The first kappa shape index (κ1) is 21.8. The first-order valence-electron chi connectivity index (χ1n) is 10.1. The van der Waals surface area contributed by atoms with Crippen LogP contribution in [0.25, 0.3) is 0 Å². The Labute approximate surface area is 185 Å². The molecule has 1 saturated heterocycles. The third kappa shape index (κ3) is 5.08. The summed E-state index contributed by atoms with van der Waals surface area (Å²) in [7, 11) is -3.17. The lowest BCUT2D eigenvalue weighted by molar-refractivity contribution is -0.126. The minimum Gasteiger partial charge on any atom is -0.454 e. The second kappa shape index (κ2) is 8.99. The molecule has 0 spiro atoms. The van der Waals surface area contributed by atoms with Crippen molar-refractivity contribution in [2.45, 2.75) is 18.9 Å². The predicted molar refractivity (Wildman–Crippen MR) is 115 cm³/mol. The van der Waals surface area contributed by atoms with Crippen molar-refractivity contribution < 1.29 is 32.3 Å². The predicted octanol–water partition coefficient (Wildman–Crippen LogP) is 1.55. The van der Waals surface area contributed by atoms with Gasteiger partial charge in [-0.1, -0.05) is 30.3 Å². The largest absolute Gasteiger partial charge is 0.454 e. The standard InChI is InChI=1S/C22H22N2O7S/c25-20(23-16-8-9-32(28,29)12-16)11-17(21(26)14-4-2-1-3-5-14)22(27)24-15-6-7-18-19(10-15)31-13-30-18/h1-7,10,16-17H,8-9,11-13H2,(H,23,25)(H,24,27). The number of fused-ring (bicyclic) bond motifs is 1. The Morgan fingerprint density at radius 1 is 1.03 bits per heavy atom. The molecule has 168 valence electrons. The van der Waals surface area contributed by atoms with Crippen LogP contribution in [0.2, 0.25) is 0 Å². The number of hydrogen-bond donors (Lipinski definition) is 2. The van der Waals surface area contributed by atoms with Gasteiger partial charge < -0.3 is 20.1 Å². The molecule has 2 unspecified atom stereocenters. The average Bonchev–Trinajstić information content (AvgIpc) is 3.37. The van der Waals surface area contributed by atoms with E-state index in [1.807, 2.05) is 0 Å². The summed E-state index contributed by atoms with van der Waals surface area (Å²) in [5.41, 5.74) is 0.696. The molecule has 0 radical (unpaired) electrons. The molecule has 0 aromatic heterocycles. The van der Waals surface area contributed by atoms with E-state index in [0.717, 1.165) is 0 Å². The van der Waals surface area contributed by atoms with Crippen LogP contribution in [-0.4, -0.2) is 50.4 Å². The Balaban J connectivity index is 1.50. The highest BCUT2D eigenvalue weighted by Gasteiger charge is 2.33. The minimum atomic E-state index is -3.17. The molecule has 2 aromatic carbocycles. The lowest BCUT2D eigenvalue weighted by Crippen LogP contribution is -2.40. The van der Waals surface area contributed by atoms with Crippen molar-refractivity contribution in [3.63, 3.8) is 0 Å². The number of ether oxygens (including phenoxy) is 2. The maximum Gasteiger partial charge on any atom is 0.235 e. The number of ketones is 1. The van der Waals surface area contributed by atoms with E-state index in [0.29, 0.717) is 29.2 Å². The van der Waals surface area contributed by atoms with Crippen LogP contribution in [0.4, 0.5) is 5.69 Å². The molecule has 2 aliphatic heterocycles. The molecule has 2 amide bonds. The first-order chi connectivity index (χ1) is 15.3. The van der Waals surface area contributed by atoms with E-state index in [1.54, 1.807) is 48.5 Å². The summed E-state index contributed by atoms with van der Waals surface area (Å²) in [5, 5.41) is 5.30. The number of carbonyl (C=O) groups is 3. The summed E-state index contributed by atoms with van der Waals surface area (Å²) < 4.78 is 33.8. The summed E-state index contributed by atoms with van der Waals surface area (Å²) in [6.07, 6.45) is -0.0879. The Morgan fingerprint density at radius 3 is 2.50 bits per heavy atom. The van der Waals surface area contributed by atoms with Gasteiger partial charge in [-0.25, -0.2) is 8.42 Å². The molecule has 2 N–H and O–H groups in total. The third-order valence-electron chi connectivity index (χ3n) is 5.32. The highest BCUT2D eigenvalue weighted by molar-refractivity contribution is 7.91. The second-order valence-electron chi connectivity index (χ2n) is 7.71. The van der Waals surface area contributed by atoms with Crippen LogP contribution in [0.5, 0.6) is 11.5 Å². The molecule has 2 aliphatic rings. The highest BCUT2D eigenvalue weighted by atomic mass is 32.2. The van der Waals surface area contributed by atoms with Crippen LogP contribution in [0, 0.1) is 5.92 Å². The van der Waals surface area contributed by atoms with Crippen LogP contribution in [0.1, 0.15) is 23.2 Å². The van der Waals surface area contributed by atoms with Crippen LogP contribution in [0.15, 0.2) is 48.5 Å². The number of Topliss-reactive ketones (excluding diaryl/α,β-unsaturated/α-hetero) is 1. The smallest absolute Gasteiger partial charge is 0.235 e. The van der Waals surface area contributed by atoms with Gasteiger partial charge in [0.05, 0.1) is 11.5 Å². The molecule has 4 rings (SSSR count). The van der Waals surface area contributed by atoms with Gasteiger partial charge >= 0.3 is 0 Å². The lowest BCUT2D eigenvalue weighted by atomic mass is 9.93. The first-order valence-corrected chi connectivity index (χ1v) is 11.9. The number of anilines is 1. The highest BCUT2D eigenvalue weighted by Crippen LogP contribution is 2.34. The molecule has 0 aliphatic carbocycles. The molecule has 10 heteroatoms. The number of hydrogen-bond acceptors (Lipinski definition) is 7. The zero-order valence-electron chi connectivity index (χ0n) is 17.1. The van der Waals surface area contributed by atoms with Gasteiger partial charge in [-0.2, -0.15) is 0 Å². The van der Waals surface area contributed by atoms with Gasteiger partial charge in [-0.3, -0.25) is 14.4 Å². The molecule has 2 heterocycles. The Morgan fingerprint density at radius 2 is 1.78 bits per heavy atom. The normalized spacial score (nSPS) is 19.2. The fraction of sp³-hybridized carbons (Fsp3) is 0.318. The Hall–Kier alpha value is -3.40. The van der Waals surface area contributed by atoms with Crippen molar-refractivity contribution in [2.75, 3.05) is 23.6 Å². The molecule has 2 atom stereocenters. The minimum absolute atomic E-state index is 0.00885. The molecule has 2 aromatic rings. The third-order valence-corrected chi connectivity index (χ3v) is 7.09. The molecule has 1 fully saturated rings. The summed E-state index contributed by atoms with van der Waals surface area (Å²) in [6.45, 7) is 0.0823. The van der Waals surface area contributed by atoms with Gasteiger partial charge in [0.1, 0.15) is 5.92 Å². The number of benzene rings is 2. The average molecular weight is 458 g/mol. The van der Waals surface area contributed by atoms with E-state index in [2.05, 4.69) is 10.6 Å². The maximum absolute atomic E-state index is 13.1. The summed E-state index contributed by atoms with van der Waals surface area (Å²) in [6, 6.07) is 12.5. The molecular formula is C22H22N2O7S. The van der Waals surface area contributed by atoms with Gasteiger partial charge in [0, 0.05) is 29.8 Å². The molecule has 0 saturated carbocycles. The van der Waals surface area contributed by atoms with Crippen molar-refractivity contribution in [1.82, 2.24) is 5.32 Å². The maximum atomic E-state index is 13.1. The molecular weight excluding hydrogens is 436 g/mol. The van der Waals surface area contributed by atoms with Crippen LogP contribution >= 0.6 is 0 Å². The van der Waals surface area contributed by atoms with Gasteiger partial charge in [-0.05, 0) is 18.6 Å². The number of sulfone groups is 1. The van der Waals surface area contributed by atoms with Gasteiger partial charge in [0.25, 0.3) is 0 Å². The fourth-order valence-electron chi connectivity index (χ4n) is 3.69. The van der Waals surface area contributed by atoms with Crippen LogP contribution in [-0.2, 0) is 19.4 Å². The topological polar surface area (TPSA) is 128 Å². The zero-order valence-corrected chi connectivity index (χ0v) is 17.9. The van der Waals surface area contributed by atoms with Gasteiger partial charge in [-0.15, -0.1) is 0 Å². The van der Waals surface area contributed by atoms with E-state index in [4.69, 9.17) is 9.47 Å². The summed E-state index contributed by atoms with van der Waals surface area (Å²) >= 11 is 0. The van der Waals surface area contributed by atoms with Gasteiger partial charge in [0.15, 0.2) is 27.1 Å². The van der Waals surface area contributed by atoms with E-state index in [1.165, 1.54) is 0 Å². The quantitative estimate of drug-likeness (QED) is 0.476. The summed E-state index contributed by atoms with van der Waals surface area (Å²) in [5.74, 6) is -2.11. The van der Waals surface area contributed by atoms with E-state index < -0.39 is 45.8 Å². The number of amides is 2. The van der Waals surface area contributed by atoms with E-state index in [-0.39, 0.29) is 18.3 Å². The van der Waals surface area contributed by atoms with Crippen molar-refractivity contribution in [3.05, 3.63) is 54.1 Å². The van der Waals surface area contributed by atoms with Crippen LogP contribution < -0.4 is 20.1 Å². The van der Waals surface area contributed by atoms with E-state index in [9.17, 15) is 22.8 Å². The summed E-state index contributed by atoms with van der Waals surface area (Å²) in [4.78, 5) is 38.7. The number of nitrogens with one attached hydrogen (secondary N) is 2. The second-order valence-corrected chi connectivity index (χ2v) is 9.94. The number of carbonyl (C=O) groups excluding carboxylic acids is 3. The van der Waals surface area contributed by atoms with Gasteiger partial charge in [0.2, 0.25) is 18.6 Å².